The monoisotopic (exact) mass is 141 g/mol. The van der Waals surface area contributed by atoms with Crippen molar-refractivity contribution in [1.29, 1.82) is 0 Å². The first-order valence-electron chi connectivity index (χ1n) is 4.01. The summed E-state index contributed by atoms with van der Waals surface area (Å²) in [4.78, 5) is 13.0. The van der Waals surface area contributed by atoms with Crippen LogP contribution >= 0.6 is 0 Å². The van der Waals surface area contributed by atoms with Crippen LogP contribution in [0, 0.1) is 5.92 Å². The van der Waals surface area contributed by atoms with Gasteiger partial charge in [-0.05, 0) is 12.3 Å². The molecule has 2 nitrogen and oxygen atoms in total. The topological polar surface area (TPSA) is 20.3 Å². The Balaban J connectivity index is 2.37. The Labute approximate surface area is 62.2 Å². The van der Waals surface area contributed by atoms with Gasteiger partial charge in [-0.3, -0.25) is 4.79 Å². The van der Waals surface area contributed by atoms with Gasteiger partial charge < -0.3 is 4.90 Å². The Kier molecular flexibility index (Phi) is 2.30. The van der Waals surface area contributed by atoms with Gasteiger partial charge in [-0.2, -0.15) is 0 Å². The Morgan fingerprint density at radius 3 is 2.80 bits per heavy atom. The summed E-state index contributed by atoms with van der Waals surface area (Å²) in [5.74, 6) is 1.03. The van der Waals surface area contributed by atoms with E-state index < -0.39 is 0 Å². The molecule has 0 N–H and O–H groups in total. The first kappa shape index (κ1) is 7.58. The van der Waals surface area contributed by atoms with E-state index in [1.165, 1.54) is 6.42 Å². The Hall–Kier alpha value is -0.530. The lowest BCUT2D eigenvalue weighted by Gasteiger charge is -2.13. The predicted octanol–water partition coefficient (Wildman–Crippen LogP) is 1.26. The van der Waals surface area contributed by atoms with Crippen molar-refractivity contribution in [3.63, 3.8) is 0 Å². The highest BCUT2D eigenvalue weighted by Crippen LogP contribution is 2.15. The van der Waals surface area contributed by atoms with Crippen molar-refractivity contribution in [2.45, 2.75) is 26.7 Å². The number of nitrogens with zero attached hydrogens (tertiary/aromatic N) is 1. The molecule has 1 rings (SSSR count). The number of rotatable bonds is 1. The molecule has 0 bridgehead atoms. The number of hydrogen-bond donors (Lipinski definition) is 0. The summed E-state index contributed by atoms with van der Waals surface area (Å²) in [5.41, 5.74) is 0. The zero-order chi connectivity index (χ0) is 7.56. The number of hydrogen-bond acceptors (Lipinski definition) is 1. The smallest absolute Gasteiger partial charge is 0.222 e. The summed E-state index contributed by atoms with van der Waals surface area (Å²) in [5, 5.41) is 0. The molecule has 0 aromatic heterocycles. The standard InChI is InChI=1S/C8H15NO/c1-3-8(10)9-5-4-7(2)6-9/h7H,3-6H2,1-2H3/t7-/m1/s1. The number of carbonyl (C=O) groups excluding carboxylic acids is 1. The summed E-state index contributed by atoms with van der Waals surface area (Å²) in [6.45, 7) is 6.08. The third-order valence-corrected chi connectivity index (χ3v) is 2.08. The third-order valence-electron chi connectivity index (χ3n) is 2.08. The van der Waals surface area contributed by atoms with E-state index in [4.69, 9.17) is 0 Å². The molecule has 1 amide bonds. The van der Waals surface area contributed by atoms with Gasteiger partial charge >= 0.3 is 0 Å². The third kappa shape index (κ3) is 1.49. The molecule has 1 aliphatic rings. The van der Waals surface area contributed by atoms with Gasteiger partial charge in [0.25, 0.3) is 0 Å². The second-order valence-corrected chi connectivity index (χ2v) is 3.09. The largest absolute Gasteiger partial charge is 0.342 e. The molecule has 0 radical (unpaired) electrons. The van der Waals surface area contributed by atoms with Crippen LogP contribution in [0.25, 0.3) is 0 Å². The number of amides is 1. The molecule has 1 saturated heterocycles. The molecular weight excluding hydrogens is 126 g/mol. The van der Waals surface area contributed by atoms with Crippen LogP contribution in [0.1, 0.15) is 26.7 Å². The minimum absolute atomic E-state index is 0.310. The Bertz CT molecular complexity index is 133. The molecular formula is C8H15NO. The van der Waals surface area contributed by atoms with E-state index in [9.17, 15) is 4.79 Å². The van der Waals surface area contributed by atoms with Crippen molar-refractivity contribution < 1.29 is 4.79 Å². The van der Waals surface area contributed by atoms with Gasteiger partial charge in [-0.25, -0.2) is 0 Å². The fraction of sp³-hybridized carbons (Fsp3) is 0.875. The lowest BCUT2D eigenvalue weighted by Crippen LogP contribution is -2.27. The van der Waals surface area contributed by atoms with Crippen LogP contribution in [0.4, 0.5) is 0 Å². The lowest BCUT2D eigenvalue weighted by atomic mass is 10.2. The van der Waals surface area contributed by atoms with E-state index in [2.05, 4.69) is 6.92 Å². The van der Waals surface area contributed by atoms with E-state index in [1.807, 2.05) is 11.8 Å². The fourth-order valence-corrected chi connectivity index (χ4v) is 1.39. The van der Waals surface area contributed by atoms with Gasteiger partial charge in [0.05, 0.1) is 0 Å². The molecule has 1 atom stereocenters. The van der Waals surface area contributed by atoms with Crippen LogP contribution in [0.3, 0.4) is 0 Å². The van der Waals surface area contributed by atoms with Gasteiger partial charge in [0, 0.05) is 19.5 Å². The minimum atomic E-state index is 0.310. The SMILES string of the molecule is CCC(=O)N1CC[C@@H](C)C1. The Morgan fingerprint density at radius 1 is 1.70 bits per heavy atom. The van der Waals surface area contributed by atoms with Crippen LogP contribution in [0.5, 0.6) is 0 Å². The minimum Gasteiger partial charge on any atom is -0.342 e. The van der Waals surface area contributed by atoms with E-state index in [0.29, 0.717) is 12.3 Å². The van der Waals surface area contributed by atoms with Crippen LogP contribution in [0.2, 0.25) is 0 Å². The zero-order valence-corrected chi connectivity index (χ0v) is 6.76. The molecule has 0 aliphatic carbocycles. The molecule has 2 heteroatoms. The Morgan fingerprint density at radius 2 is 2.40 bits per heavy atom. The van der Waals surface area contributed by atoms with Crippen molar-refractivity contribution in [2.75, 3.05) is 13.1 Å². The second-order valence-electron chi connectivity index (χ2n) is 3.09. The van der Waals surface area contributed by atoms with Crippen molar-refractivity contribution in [3.8, 4) is 0 Å². The molecule has 0 unspecified atom stereocenters. The molecule has 1 fully saturated rings. The quantitative estimate of drug-likeness (QED) is 0.538. The molecule has 0 aromatic rings. The molecule has 0 aromatic carbocycles. The molecule has 1 aliphatic heterocycles. The average Bonchev–Trinajstić information content (AvgIpc) is 2.34. The van der Waals surface area contributed by atoms with Crippen LogP contribution in [-0.2, 0) is 4.79 Å². The summed E-state index contributed by atoms with van der Waals surface area (Å²) < 4.78 is 0. The number of likely N-dealkylation sites (tertiary alicyclic amines) is 1. The van der Waals surface area contributed by atoms with Gasteiger partial charge in [0.15, 0.2) is 0 Å². The maximum atomic E-state index is 11.1. The van der Waals surface area contributed by atoms with Gasteiger partial charge in [-0.15, -0.1) is 0 Å². The lowest BCUT2D eigenvalue weighted by molar-refractivity contribution is -0.129. The van der Waals surface area contributed by atoms with Crippen LogP contribution < -0.4 is 0 Å². The summed E-state index contributed by atoms with van der Waals surface area (Å²) in [6.07, 6.45) is 1.85. The normalized spacial score (nSPS) is 25.4. The number of carbonyl (C=O) groups is 1. The van der Waals surface area contributed by atoms with Crippen molar-refractivity contribution in [2.24, 2.45) is 5.92 Å². The first-order valence-corrected chi connectivity index (χ1v) is 4.01. The molecule has 1 heterocycles. The van der Waals surface area contributed by atoms with Gasteiger partial charge in [-0.1, -0.05) is 13.8 Å². The highest BCUT2D eigenvalue weighted by molar-refractivity contribution is 5.76. The maximum absolute atomic E-state index is 11.1. The van der Waals surface area contributed by atoms with Crippen molar-refractivity contribution >= 4 is 5.91 Å². The van der Waals surface area contributed by atoms with Crippen LogP contribution in [0.15, 0.2) is 0 Å². The maximum Gasteiger partial charge on any atom is 0.222 e. The zero-order valence-electron chi connectivity index (χ0n) is 6.76. The van der Waals surface area contributed by atoms with E-state index in [1.54, 1.807) is 0 Å². The second kappa shape index (κ2) is 3.04. The molecule has 10 heavy (non-hydrogen) atoms. The van der Waals surface area contributed by atoms with E-state index >= 15 is 0 Å². The van der Waals surface area contributed by atoms with Gasteiger partial charge in [0.1, 0.15) is 0 Å². The summed E-state index contributed by atoms with van der Waals surface area (Å²) >= 11 is 0. The first-order chi connectivity index (χ1) is 4.74. The van der Waals surface area contributed by atoms with Gasteiger partial charge in [0.2, 0.25) is 5.91 Å². The molecule has 58 valence electrons. The van der Waals surface area contributed by atoms with E-state index in [-0.39, 0.29) is 0 Å². The highest BCUT2D eigenvalue weighted by Gasteiger charge is 2.21. The average molecular weight is 141 g/mol. The highest BCUT2D eigenvalue weighted by atomic mass is 16.2. The predicted molar refractivity (Wildman–Crippen MR) is 40.7 cm³/mol. The summed E-state index contributed by atoms with van der Waals surface area (Å²) in [7, 11) is 0. The summed E-state index contributed by atoms with van der Waals surface area (Å²) in [6, 6.07) is 0. The molecule has 0 saturated carbocycles. The van der Waals surface area contributed by atoms with Crippen molar-refractivity contribution in [3.05, 3.63) is 0 Å². The fourth-order valence-electron chi connectivity index (χ4n) is 1.39. The van der Waals surface area contributed by atoms with Crippen molar-refractivity contribution in [1.82, 2.24) is 4.90 Å². The molecule has 0 spiro atoms. The van der Waals surface area contributed by atoms with Crippen LogP contribution in [-0.4, -0.2) is 23.9 Å². The van der Waals surface area contributed by atoms with E-state index in [0.717, 1.165) is 19.0 Å².